The Hall–Kier alpha value is -4.88. The van der Waals surface area contributed by atoms with Crippen LogP contribution in [0.15, 0.2) is 54.7 Å². The van der Waals surface area contributed by atoms with Crippen LogP contribution in [-0.2, 0) is 4.79 Å². The molecule has 2 unspecified atom stereocenters. The third-order valence-corrected chi connectivity index (χ3v) is 14.9. The first kappa shape index (κ1) is 43.4. The van der Waals surface area contributed by atoms with E-state index >= 15 is 4.39 Å². The number of anilines is 3. The summed E-state index contributed by atoms with van der Waals surface area (Å²) in [6.07, 6.45) is 15.2. The second kappa shape index (κ2) is 18.3. The number of hydrogen-bond acceptors (Lipinski definition) is 9. The number of aromatic nitrogens is 3. The third-order valence-electron chi connectivity index (χ3n) is 14.3. The van der Waals surface area contributed by atoms with Gasteiger partial charge in [-0.2, -0.15) is 9.97 Å². The molecule has 9 rings (SSSR count). The van der Waals surface area contributed by atoms with Gasteiger partial charge in [-0.1, -0.05) is 50.1 Å². The molecular formula is C51H62FN8O2P. The Kier molecular flexibility index (Phi) is 12.6. The SMILES string of the molecule is C#Cc1c(F)ccc2cccc(-c3ncc4c(N5CCCC(C)C5)nc(OCC5(CN6CCN(CC7CCN(c8ccc(C)c(N(C)C(=O)CC)c8)CC7)CC6)CC5)nc4c3P)c12. The molecule has 12 heteroatoms. The lowest BCUT2D eigenvalue weighted by Crippen LogP contribution is -2.50. The average molecular weight is 869 g/mol. The molecule has 0 N–H and O–H groups in total. The number of ether oxygens (including phenoxy) is 1. The minimum Gasteiger partial charge on any atom is -0.463 e. The molecule has 4 aliphatic rings. The monoisotopic (exact) mass is 868 g/mol. The van der Waals surface area contributed by atoms with Gasteiger partial charge in [0.05, 0.1) is 28.8 Å². The van der Waals surface area contributed by atoms with E-state index in [0.717, 1.165) is 129 Å². The highest BCUT2D eigenvalue weighted by molar-refractivity contribution is 7.28. The molecule has 3 aromatic carbocycles. The smallest absolute Gasteiger partial charge is 0.318 e. The fourth-order valence-electron chi connectivity index (χ4n) is 10.3. The molecule has 1 amide bonds. The van der Waals surface area contributed by atoms with E-state index in [2.05, 4.69) is 66.8 Å². The van der Waals surface area contributed by atoms with Crippen molar-refractivity contribution < 1.29 is 13.9 Å². The van der Waals surface area contributed by atoms with Crippen molar-refractivity contribution in [1.29, 1.82) is 0 Å². The number of terminal acetylenes is 1. The number of amides is 1. The molecule has 4 fully saturated rings. The number of nitrogens with zero attached hydrogens (tertiary/aromatic N) is 8. The largest absolute Gasteiger partial charge is 0.463 e. The summed E-state index contributed by atoms with van der Waals surface area (Å²) < 4.78 is 21.7. The summed E-state index contributed by atoms with van der Waals surface area (Å²) in [6.45, 7) is 17.4. The fourth-order valence-corrected chi connectivity index (χ4v) is 10.7. The second-order valence-corrected chi connectivity index (χ2v) is 19.4. The third kappa shape index (κ3) is 9.10. The van der Waals surface area contributed by atoms with Crippen LogP contribution in [0.4, 0.5) is 21.6 Å². The zero-order valence-corrected chi connectivity index (χ0v) is 38.7. The van der Waals surface area contributed by atoms with E-state index in [9.17, 15) is 4.79 Å². The predicted molar refractivity (Wildman–Crippen MR) is 258 cm³/mol. The van der Waals surface area contributed by atoms with Crippen LogP contribution in [0.25, 0.3) is 32.9 Å². The molecule has 3 saturated heterocycles. The first-order valence-corrected chi connectivity index (χ1v) is 23.7. The highest BCUT2D eigenvalue weighted by atomic mass is 31.0. The Bertz CT molecular complexity index is 2540. The van der Waals surface area contributed by atoms with Crippen LogP contribution >= 0.6 is 9.24 Å². The van der Waals surface area contributed by atoms with Gasteiger partial charge in [0.1, 0.15) is 11.6 Å². The molecule has 5 aromatic rings. The number of aryl methyl sites for hydroxylation is 1. The van der Waals surface area contributed by atoms with Crippen molar-refractivity contribution in [3.8, 4) is 29.6 Å². The Morgan fingerprint density at radius 2 is 1.78 bits per heavy atom. The summed E-state index contributed by atoms with van der Waals surface area (Å²) in [5.41, 5.74) is 5.93. The van der Waals surface area contributed by atoms with Crippen molar-refractivity contribution in [1.82, 2.24) is 24.8 Å². The summed E-state index contributed by atoms with van der Waals surface area (Å²) >= 11 is 0. The lowest BCUT2D eigenvalue weighted by molar-refractivity contribution is -0.118. The maximum absolute atomic E-state index is 15.0. The number of rotatable bonds is 12. The van der Waals surface area contributed by atoms with E-state index in [-0.39, 0.29) is 16.9 Å². The van der Waals surface area contributed by atoms with E-state index in [1.165, 1.54) is 31.0 Å². The van der Waals surface area contributed by atoms with Gasteiger partial charge in [-0.25, -0.2) is 4.39 Å². The summed E-state index contributed by atoms with van der Waals surface area (Å²) in [5, 5.41) is 3.23. The summed E-state index contributed by atoms with van der Waals surface area (Å²) in [7, 11) is 4.76. The fraction of sp³-hybridized carbons (Fsp3) is 0.490. The maximum atomic E-state index is 15.0. The quantitative estimate of drug-likeness (QED) is 0.0914. The number of hydrogen-bond donors (Lipinski definition) is 0. The molecule has 3 aliphatic heterocycles. The molecule has 5 heterocycles. The van der Waals surface area contributed by atoms with Crippen molar-refractivity contribution in [2.45, 2.75) is 65.7 Å². The first-order valence-electron chi connectivity index (χ1n) is 23.1. The Morgan fingerprint density at radius 1 is 1.00 bits per heavy atom. The highest BCUT2D eigenvalue weighted by Crippen LogP contribution is 2.47. The van der Waals surface area contributed by atoms with Gasteiger partial charge in [0, 0.05) is 118 Å². The lowest BCUT2D eigenvalue weighted by Gasteiger charge is -2.40. The van der Waals surface area contributed by atoms with Crippen LogP contribution in [0.1, 0.15) is 69.9 Å². The zero-order chi connectivity index (χ0) is 43.8. The van der Waals surface area contributed by atoms with E-state index in [1.54, 1.807) is 11.0 Å². The van der Waals surface area contributed by atoms with Gasteiger partial charge in [-0.05, 0) is 86.4 Å². The van der Waals surface area contributed by atoms with Gasteiger partial charge in [-0.3, -0.25) is 9.78 Å². The van der Waals surface area contributed by atoms with Gasteiger partial charge in [0.15, 0.2) is 0 Å². The molecule has 63 heavy (non-hydrogen) atoms. The standard InChI is InChI=1S/C51H62FN8O2P/c1-6-39-42(52)16-14-37-11-8-12-40(45(37)39)46-48(63)47-41(29-53-46)49(60-21-9-10-34(3)30-60)55-50(54-47)62-33-51(19-20-51)32-58-26-24-57(25-27-58)31-36-17-22-59(23-18-36)38-15-13-35(4)43(28-38)56(5)44(61)7-2/h1,8,11-16,28-29,34,36H,7,9-10,17-27,30-33,63H2,2-5H3. The van der Waals surface area contributed by atoms with E-state index in [0.29, 0.717) is 42.0 Å². The molecule has 330 valence electrons. The van der Waals surface area contributed by atoms with Crippen LogP contribution in [0.5, 0.6) is 6.01 Å². The number of benzene rings is 3. The first-order chi connectivity index (χ1) is 30.5. The minimum atomic E-state index is -0.420. The lowest BCUT2D eigenvalue weighted by atomic mass is 9.95. The van der Waals surface area contributed by atoms with Crippen molar-refractivity contribution in [2.24, 2.45) is 17.3 Å². The van der Waals surface area contributed by atoms with Crippen LogP contribution in [0, 0.1) is 42.3 Å². The van der Waals surface area contributed by atoms with Crippen molar-refractivity contribution in [3.05, 3.63) is 71.7 Å². The van der Waals surface area contributed by atoms with Gasteiger partial charge in [0.2, 0.25) is 5.91 Å². The van der Waals surface area contributed by atoms with E-state index in [1.807, 2.05) is 38.4 Å². The average Bonchev–Trinajstić information content (AvgIpc) is 4.08. The van der Waals surface area contributed by atoms with Crippen molar-refractivity contribution in [2.75, 3.05) is 93.8 Å². The van der Waals surface area contributed by atoms with Gasteiger partial charge >= 0.3 is 6.01 Å². The second-order valence-electron chi connectivity index (χ2n) is 18.8. The predicted octanol–water partition coefficient (Wildman–Crippen LogP) is 8.08. The molecule has 2 atom stereocenters. The normalized spacial score (nSPS) is 19.7. The van der Waals surface area contributed by atoms with Crippen LogP contribution in [0.2, 0.25) is 0 Å². The van der Waals surface area contributed by atoms with Crippen LogP contribution in [0.3, 0.4) is 0 Å². The molecule has 1 aliphatic carbocycles. The Labute approximate surface area is 374 Å². The van der Waals surface area contributed by atoms with Crippen molar-refractivity contribution >= 4 is 59.3 Å². The number of halogens is 1. The maximum Gasteiger partial charge on any atom is 0.318 e. The number of piperazine rings is 1. The molecule has 2 aromatic heterocycles. The van der Waals surface area contributed by atoms with Crippen LogP contribution in [-0.4, -0.2) is 110 Å². The number of piperidine rings is 2. The van der Waals surface area contributed by atoms with E-state index < -0.39 is 5.82 Å². The number of fused-ring (bicyclic) bond motifs is 2. The van der Waals surface area contributed by atoms with Gasteiger partial charge < -0.3 is 29.2 Å². The summed E-state index contributed by atoms with van der Waals surface area (Å²) in [6, 6.07) is 16.0. The molecule has 10 nitrogen and oxygen atoms in total. The molecule has 0 bridgehead atoms. The topological polar surface area (TPSA) is 81.2 Å². The molecule has 0 radical (unpaired) electrons. The Balaban J connectivity index is 0.845. The number of carbonyl (C=O) groups excluding carboxylic acids is 1. The minimum absolute atomic E-state index is 0.105. The van der Waals surface area contributed by atoms with Crippen LogP contribution < -0.4 is 24.7 Å². The molecule has 0 spiro atoms. The molecular weight excluding hydrogens is 807 g/mol. The van der Waals surface area contributed by atoms with E-state index in [4.69, 9.17) is 26.1 Å². The van der Waals surface area contributed by atoms with Crippen molar-refractivity contribution in [3.63, 3.8) is 0 Å². The number of pyridine rings is 1. The zero-order valence-electron chi connectivity index (χ0n) is 37.5. The summed E-state index contributed by atoms with van der Waals surface area (Å²) in [5.74, 6) is 4.43. The summed E-state index contributed by atoms with van der Waals surface area (Å²) in [4.78, 5) is 39.6. The van der Waals surface area contributed by atoms with Gasteiger partial charge in [0.25, 0.3) is 0 Å². The molecule has 1 saturated carbocycles. The Morgan fingerprint density at radius 3 is 2.51 bits per heavy atom. The van der Waals surface area contributed by atoms with Gasteiger partial charge in [-0.15, -0.1) is 15.7 Å². The number of carbonyl (C=O) groups is 1. The highest BCUT2D eigenvalue weighted by Gasteiger charge is 2.45.